The van der Waals surface area contributed by atoms with Crippen LogP contribution >= 0.6 is 0 Å². The Morgan fingerprint density at radius 3 is 2.79 bits per heavy atom. The molecule has 3 rings (SSSR count). The van der Waals surface area contributed by atoms with Crippen LogP contribution in [0.15, 0.2) is 0 Å². The Kier molecular flexibility index (Phi) is 3.34. The number of nitrogens with zero attached hydrogens (tertiary/aromatic N) is 3. The third-order valence-electron chi connectivity index (χ3n) is 4.18. The third kappa shape index (κ3) is 2.67. The zero-order valence-electron chi connectivity index (χ0n) is 10.8. The van der Waals surface area contributed by atoms with Crippen LogP contribution in [0.1, 0.15) is 24.5 Å². The van der Waals surface area contributed by atoms with Gasteiger partial charge in [0.2, 0.25) is 0 Å². The van der Waals surface area contributed by atoms with Crippen LogP contribution in [-0.4, -0.2) is 46.4 Å². The molecule has 6 nitrogen and oxygen atoms in total. The molecule has 0 aromatic carbocycles. The highest BCUT2D eigenvalue weighted by molar-refractivity contribution is 7.91. The summed E-state index contributed by atoms with van der Waals surface area (Å²) in [4.78, 5) is 0. The number of sulfone groups is 1. The summed E-state index contributed by atoms with van der Waals surface area (Å²) in [5.41, 5.74) is 0. The molecule has 2 atom stereocenters. The van der Waals surface area contributed by atoms with Crippen molar-refractivity contribution < 1.29 is 13.5 Å². The first-order chi connectivity index (χ1) is 9.07. The highest BCUT2D eigenvalue weighted by Gasteiger charge is 2.30. The summed E-state index contributed by atoms with van der Waals surface area (Å²) >= 11 is 0. The van der Waals surface area contributed by atoms with E-state index >= 15 is 0 Å². The van der Waals surface area contributed by atoms with Crippen LogP contribution in [0.25, 0.3) is 0 Å². The number of aliphatic hydroxyl groups excluding tert-OH is 1. The number of aliphatic hydroxyl groups is 1. The van der Waals surface area contributed by atoms with Crippen LogP contribution in [0.4, 0.5) is 0 Å². The average Bonchev–Trinajstić information content (AvgIpc) is 2.93. The van der Waals surface area contributed by atoms with Crippen LogP contribution < -0.4 is 0 Å². The molecule has 3 heterocycles. The largest absolute Gasteiger partial charge is 0.396 e. The van der Waals surface area contributed by atoms with Gasteiger partial charge in [-0.2, -0.15) is 0 Å². The lowest BCUT2D eigenvalue weighted by Gasteiger charge is -2.23. The van der Waals surface area contributed by atoms with Gasteiger partial charge in [0, 0.05) is 31.9 Å². The molecule has 1 aromatic rings. The minimum Gasteiger partial charge on any atom is -0.396 e. The first kappa shape index (κ1) is 13.1. The Labute approximate surface area is 112 Å². The van der Waals surface area contributed by atoms with Crippen molar-refractivity contribution in [3.63, 3.8) is 0 Å². The minimum absolute atomic E-state index is 0.174. The highest BCUT2D eigenvalue weighted by Crippen LogP contribution is 2.25. The lowest BCUT2D eigenvalue weighted by molar-refractivity contribution is 0.189. The van der Waals surface area contributed by atoms with Gasteiger partial charge >= 0.3 is 0 Å². The van der Waals surface area contributed by atoms with Gasteiger partial charge in [-0.3, -0.25) is 0 Å². The molecule has 2 unspecified atom stereocenters. The highest BCUT2D eigenvalue weighted by atomic mass is 32.2. The van der Waals surface area contributed by atoms with Crippen molar-refractivity contribution in [1.82, 2.24) is 14.8 Å². The van der Waals surface area contributed by atoms with Crippen LogP contribution in [-0.2, 0) is 29.2 Å². The fourth-order valence-electron chi connectivity index (χ4n) is 3.04. The van der Waals surface area contributed by atoms with E-state index in [1.165, 1.54) is 0 Å². The summed E-state index contributed by atoms with van der Waals surface area (Å²) in [6.45, 7) is 0.947. The number of rotatable bonds is 3. The number of hydrogen-bond donors (Lipinski definition) is 1. The maximum absolute atomic E-state index is 11.5. The fourth-order valence-corrected chi connectivity index (χ4v) is 4.90. The molecule has 0 aliphatic carbocycles. The molecule has 1 aromatic heterocycles. The van der Waals surface area contributed by atoms with Crippen molar-refractivity contribution in [2.45, 2.75) is 32.2 Å². The molecule has 2 aliphatic rings. The minimum atomic E-state index is -2.83. The summed E-state index contributed by atoms with van der Waals surface area (Å²) in [6, 6.07) is 0. The first-order valence-corrected chi connectivity index (χ1v) is 8.62. The molecular formula is C12H19N3O3S. The predicted molar refractivity (Wildman–Crippen MR) is 69.4 cm³/mol. The Bertz CT molecular complexity index is 567. The summed E-state index contributed by atoms with van der Waals surface area (Å²) in [5.74, 6) is 2.88. The predicted octanol–water partition coefficient (Wildman–Crippen LogP) is -0.190. The van der Waals surface area contributed by atoms with Crippen molar-refractivity contribution in [3.8, 4) is 0 Å². The van der Waals surface area contributed by atoms with E-state index in [4.69, 9.17) is 0 Å². The maximum atomic E-state index is 11.5. The molecule has 1 saturated heterocycles. The molecule has 106 valence electrons. The van der Waals surface area contributed by atoms with Crippen LogP contribution in [0.3, 0.4) is 0 Å². The van der Waals surface area contributed by atoms with Crippen molar-refractivity contribution in [3.05, 3.63) is 11.6 Å². The maximum Gasteiger partial charge on any atom is 0.150 e. The fraction of sp³-hybridized carbons (Fsp3) is 0.833. The summed E-state index contributed by atoms with van der Waals surface area (Å²) in [6.07, 6.45) is 3.21. The molecule has 0 amide bonds. The molecule has 0 bridgehead atoms. The molecule has 1 N–H and O–H groups in total. The van der Waals surface area contributed by atoms with Crippen LogP contribution in [0.5, 0.6) is 0 Å². The number of fused-ring (bicyclic) bond motifs is 1. The molecule has 2 aliphatic heterocycles. The standard InChI is InChI=1S/C12H19N3O3S/c16-7-10-1-2-11-13-14-12(15(11)6-10)5-9-3-4-19(17,18)8-9/h9-10,16H,1-8H2. The zero-order valence-corrected chi connectivity index (χ0v) is 11.6. The van der Waals surface area contributed by atoms with E-state index in [0.717, 1.165) is 37.5 Å². The van der Waals surface area contributed by atoms with Crippen LogP contribution in [0, 0.1) is 11.8 Å². The lowest BCUT2D eigenvalue weighted by Crippen LogP contribution is -2.25. The number of aryl methyl sites for hydroxylation is 1. The van der Waals surface area contributed by atoms with E-state index in [9.17, 15) is 13.5 Å². The lowest BCUT2D eigenvalue weighted by atomic mass is 9.99. The molecule has 7 heteroatoms. The summed E-state index contributed by atoms with van der Waals surface area (Å²) in [5, 5.41) is 17.7. The van der Waals surface area contributed by atoms with Gasteiger partial charge in [-0.15, -0.1) is 10.2 Å². The van der Waals surface area contributed by atoms with Crippen LogP contribution in [0.2, 0.25) is 0 Å². The second-order valence-corrected chi connectivity index (χ2v) is 7.93. The van der Waals surface area contributed by atoms with Gasteiger partial charge in [0.05, 0.1) is 11.5 Å². The summed E-state index contributed by atoms with van der Waals surface area (Å²) in [7, 11) is -2.83. The number of aromatic nitrogens is 3. The quantitative estimate of drug-likeness (QED) is 0.832. The molecule has 1 fully saturated rings. The van der Waals surface area contributed by atoms with Gasteiger partial charge in [0.1, 0.15) is 11.6 Å². The second-order valence-electron chi connectivity index (χ2n) is 5.70. The molecule has 19 heavy (non-hydrogen) atoms. The topological polar surface area (TPSA) is 85.1 Å². The van der Waals surface area contributed by atoms with Crippen molar-refractivity contribution in [2.24, 2.45) is 11.8 Å². The third-order valence-corrected chi connectivity index (χ3v) is 6.01. The Morgan fingerprint density at radius 2 is 2.11 bits per heavy atom. The van der Waals surface area contributed by atoms with Crippen molar-refractivity contribution >= 4 is 9.84 Å². The first-order valence-electron chi connectivity index (χ1n) is 6.79. The van der Waals surface area contributed by atoms with E-state index in [1.54, 1.807) is 0 Å². The average molecular weight is 285 g/mol. The van der Waals surface area contributed by atoms with Gasteiger partial charge in [0.25, 0.3) is 0 Å². The normalized spacial score (nSPS) is 29.3. The van der Waals surface area contributed by atoms with E-state index in [0.29, 0.717) is 12.2 Å². The van der Waals surface area contributed by atoms with Gasteiger partial charge < -0.3 is 9.67 Å². The molecule has 0 radical (unpaired) electrons. The molecular weight excluding hydrogens is 266 g/mol. The van der Waals surface area contributed by atoms with Gasteiger partial charge in [-0.05, 0) is 18.8 Å². The Balaban J connectivity index is 1.74. The summed E-state index contributed by atoms with van der Waals surface area (Å²) < 4.78 is 25.0. The number of hydrogen-bond acceptors (Lipinski definition) is 5. The Hall–Kier alpha value is -0.950. The SMILES string of the molecule is O=S1(=O)CCC(Cc2nnc3n2CC(CO)CC3)C1. The second kappa shape index (κ2) is 4.86. The smallest absolute Gasteiger partial charge is 0.150 e. The zero-order chi connectivity index (χ0) is 13.5. The van der Waals surface area contributed by atoms with Gasteiger partial charge in [-0.1, -0.05) is 0 Å². The van der Waals surface area contributed by atoms with E-state index in [2.05, 4.69) is 14.8 Å². The van der Waals surface area contributed by atoms with Crippen molar-refractivity contribution in [1.29, 1.82) is 0 Å². The Morgan fingerprint density at radius 1 is 1.26 bits per heavy atom. The van der Waals surface area contributed by atoms with E-state index in [1.807, 2.05) is 0 Å². The van der Waals surface area contributed by atoms with E-state index < -0.39 is 9.84 Å². The monoisotopic (exact) mass is 285 g/mol. The van der Waals surface area contributed by atoms with Gasteiger partial charge in [-0.25, -0.2) is 8.42 Å². The van der Waals surface area contributed by atoms with Gasteiger partial charge in [0.15, 0.2) is 9.84 Å². The molecule has 0 spiro atoms. The molecule has 0 saturated carbocycles. The van der Waals surface area contributed by atoms with Crippen molar-refractivity contribution in [2.75, 3.05) is 18.1 Å². The van der Waals surface area contributed by atoms with E-state index in [-0.39, 0.29) is 24.2 Å².